The molecule has 0 aliphatic carbocycles. The molecule has 1 aromatic heterocycles. The molecule has 20 heavy (non-hydrogen) atoms. The van der Waals surface area contributed by atoms with Crippen molar-refractivity contribution in [1.29, 1.82) is 0 Å². The molecule has 0 bridgehead atoms. The first kappa shape index (κ1) is 17.9. The van der Waals surface area contributed by atoms with E-state index >= 15 is 0 Å². The van der Waals surface area contributed by atoms with Crippen molar-refractivity contribution >= 4 is 24.9 Å². The summed E-state index contributed by atoms with van der Waals surface area (Å²) in [5.41, 5.74) is 0. The van der Waals surface area contributed by atoms with E-state index in [4.69, 9.17) is 0 Å². The van der Waals surface area contributed by atoms with Crippen molar-refractivity contribution in [3.05, 3.63) is 18.6 Å². The van der Waals surface area contributed by atoms with E-state index in [1.165, 1.54) is 61.5 Å². The number of aromatic nitrogens is 2. The second-order valence-electron chi connectivity index (χ2n) is 5.81. The van der Waals surface area contributed by atoms with Crippen LogP contribution in [0.3, 0.4) is 0 Å². The van der Waals surface area contributed by atoms with Crippen molar-refractivity contribution < 1.29 is 0 Å². The summed E-state index contributed by atoms with van der Waals surface area (Å²) in [5, 5.41) is 0. The molecular formula is C17H30N2Sn. The van der Waals surface area contributed by atoms with Gasteiger partial charge >= 0.3 is 135 Å². The summed E-state index contributed by atoms with van der Waals surface area (Å²) in [7, 11) is 0. The average Bonchev–Trinajstić information content (AvgIpc) is 2.49. The Morgan fingerprint density at radius 1 is 0.950 bits per heavy atom. The number of nitrogens with zero attached hydrogens (tertiary/aromatic N) is 2. The van der Waals surface area contributed by atoms with Gasteiger partial charge in [-0.15, -0.1) is 0 Å². The first-order valence-corrected chi connectivity index (χ1v) is 11.2. The number of rotatable bonds is 11. The van der Waals surface area contributed by atoms with Crippen molar-refractivity contribution in [2.75, 3.05) is 0 Å². The van der Waals surface area contributed by atoms with Crippen molar-refractivity contribution in [2.45, 2.75) is 82.0 Å². The van der Waals surface area contributed by atoms with Crippen LogP contribution in [0.25, 0.3) is 0 Å². The quantitative estimate of drug-likeness (QED) is 0.527. The van der Waals surface area contributed by atoms with Gasteiger partial charge in [-0.2, -0.15) is 0 Å². The first-order chi connectivity index (χ1) is 9.76. The van der Waals surface area contributed by atoms with Crippen molar-refractivity contribution in [3.63, 3.8) is 0 Å². The van der Waals surface area contributed by atoms with Crippen LogP contribution < -0.4 is 3.71 Å². The van der Waals surface area contributed by atoms with Crippen molar-refractivity contribution in [3.8, 4) is 0 Å². The van der Waals surface area contributed by atoms with E-state index in [-0.39, 0.29) is 0 Å². The van der Waals surface area contributed by atoms with Crippen LogP contribution in [0.2, 0.25) is 3.43 Å². The average molecular weight is 381 g/mol. The standard InChI is InChI=1S/C13H27.C4H3N2.Sn/c1-4-7-10-13(11-8-5-2)12-9-6-3;1-2-5-4-6-3-1;/h4-12H2,1-3H3;1-2,4H;. The van der Waals surface area contributed by atoms with Gasteiger partial charge in [0.05, 0.1) is 0 Å². The molecule has 0 aromatic carbocycles. The van der Waals surface area contributed by atoms with E-state index in [0.29, 0.717) is 3.43 Å². The summed E-state index contributed by atoms with van der Waals surface area (Å²) in [5.74, 6) is 0. The molecule has 0 saturated heterocycles. The molecular weight excluding hydrogens is 351 g/mol. The summed E-state index contributed by atoms with van der Waals surface area (Å²) < 4.78 is 2.03. The van der Waals surface area contributed by atoms with Crippen LogP contribution in [-0.2, 0) is 0 Å². The van der Waals surface area contributed by atoms with Crippen LogP contribution in [0.1, 0.15) is 78.6 Å². The molecule has 0 atom stereocenters. The molecule has 0 N–H and O–H groups in total. The molecule has 1 rings (SSSR count). The molecule has 0 amide bonds. The van der Waals surface area contributed by atoms with Gasteiger partial charge in [-0.3, -0.25) is 0 Å². The third kappa shape index (κ3) is 6.55. The number of unbranched alkanes of at least 4 members (excludes halogenated alkanes) is 3. The van der Waals surface area contributed by atoms with E-state index in [2.05, 4.69) is 36.8 Å². The Morgan fingerprint density at radius 3 is 1.90 bits per heavy atom. The predicted octanol–water partition coefficient (Wildman–Crippen LogP) is 4.54. The van der Waals surface area contributed by atoms with Crippen molar-refractivity contribution in [1.82, 2.24) is 9.97 Å². The summed E-state index contributed by atoms with van der Waals surface area (Å²) in [6, 6.07) is 2.17. The second kappa shape index (κ2) is 10.6. The van der Waals surface area contributed by atoms with Crippen molar-refractivity contribution in [2.24, 2.45) is 0 Å². The third-order valence-electron chi connectivity index (χ3n) is 4.00. The molecule has 0 unspecified atom stereocenters. The molecule has 0 aliphatic heterocycles. The fourth-order valence-electron chi connectivity index (χ4n) is 2.74. The van der Waals surface area contributed by atoms with Gasteiger partial charge in [0.1, 0.15) is 0 Å². The van der Waals surface area contributed by atoms with Gasteiger partial charge < -0.3 is 0 Å². The fourth-order valence-corrected chi connectivity index (χ4v) is 7.68. The van der Waals surface area contributed by atoms with Gasteiger partial charge in [0.2, 0.25) is 0 Å². The maximum absolute atomic E-state index is 4.55. The Bertz CT molecular complexity index is 318. The van der Waals surface area contributed by atoms with E-state index in [0.717, 1.165) is 0 Å². The fraction of sp³-hybridized carbons (Fsp3) is 0.765. The van der Waals surface area contributed by atoms with E-state index < -0.39 is 21.1 Å². The Kier molecular flexibility index (Phi) is 9.49. The van der Waals surface area contributed by atoms with E-state index in [9.17, 15) is 0 Å². The Hall–Kier alpha value is -0.121. The Labute approximate surface area is 135 Å². The zero-order valence-corrected chi connectivity index (χ0v) is 16.3. The molecule has 1 heterocycles. The molecule has 1 aromatic rings. The molecule has 2 nitrogen and oxygen atoms in total. The summed E-state index contributed by atoms with van der Waals surface area (Å²) in [6.07, 6.45) is 16.1. The zero-order valence-electron chi connectivity index (χ0n) is 13.5. The Balaban J connectivity index is 2.81. The Morgan fingerprint density at radius 2 is 1.50 bits per heavy atom. The first-order valence-electron chi connectivity index (χ1n) is 8.30. The van der Waals surface area contributed by atoms with Gasteiger partial charge in [-0.1, -0.05) is 0 Å². The molecule has 0 fully saturated rings. The maximum atomic E-state index is 4.55. The predicted molar refractivity (Wildman–Crippen MR) is 88.7 cm³/mol. The minimum atomic E-state index is -0.641. The number of hydrogen-bond acceptors (Lipinski definition) is 2. The van der Waals surface area contributed by atoms with Crippen LogP contribution in [0, 0.1) is 0 Å². The van der Waals surface area contributed by atoms with Gasteiger partial charge in [0.15, 0.2) is 0 Å². The topological polar surface area (TPSA) is 25.8 Å². The SMILES string of the molecule is CCCC[C](CCCC)(CCCC)[Sn][c]1ccncn1. The van der Waals surface area contributed by atoms with Crippen LogP contribution in [0.15, 0.2) is 18.6 Å². The second-order valence-corrected chi connectivity index (χ2v) is 11.0. The molecule has 0 aliphatic rings. The monoisotopic (exact) mass is 382 g/mol. The van der Waals surface area contributed by atoms with Crippen LogP contribution in [0.4, 0.5) is 0 Å². The summed E-state index contributed by atoms with van der Waals surface area (Å²) >= 11 is -0.641. The van der Waals surface area contributed by atoms with Gasteiger partial charge in [0.25, 0.3) is 0 Å². The van der Waals surface area contributed by atoms with E-state index in [1.54, 1.807) is 6.33 Å². The van der Waals surface area contributed by atoms with Crippen LogP contribution in [0.5, 0.6) is 0 Å². The van der Waals surface area contributed by atoms with Crippen LogP contribution >= 0.6 is 0 Å². The molecule has 112 valence electrons. The third-order valence-corrected chi connectivity index (χ3v) is 9.23. The van der Waals surface area contributed by atoms with Gasteiger partial charge in [-0.05, 0) is 0 Å². The molecule has 0 spiro atoms. The number of hydrogen-bond donors (Lipinski definition) is 0. The van der Waals surface area contributed by atoms with Gasteiger partial charge in [0, 0.05) is 0 Å². The molecule has 0 saturated carbocycles. The summed E-state index contributed by atoms with van der Waals surface area (Å²) in [4.78, 5) is 8.63. The minimum absolute atomic E-state index is 0.639. The van der Waals surface area contributed by atoms with E-state index in [1.807, 2.05) is 6.20 Å². The van der Waals surface area contributed by atoms with Gasteiger partial charge in [-0.25, -0.2) is 0 Å². The molecule has 2 radical (unpaired) electrons. The zero-order chi connectivity index (χ0) is 14.7. The van der Waals surface area contributed by atoms with Crippen LogP contribution in [-0.4, -0.2) is 31.1 Å². The molecule has 3 heteroatoms. The normalized spacial score (nSPS) is 11.8. The summed E-state index contributed by atoms with van der Waals surface area (Å²) in [6.45, 7) is 6.96.